The maximum atomic E-state index is 2.20. The first-order valence-electron chi connectivity index (χ1n) is 5.72. The van der Waals surface area contributed by atoms with E-state index in [1.54, 1.807) is 0 Å². The number of nitrogens with zero attached hydrogens (tertiary/aromatic N) is 1. The van der Waals surface area contributed by atoms with E-state index in [4.69, 9.17) is 0 Å². The highest BCUT2D eigenvalue weighted by atomic mass is 32.2. The van der Waals surface area contributed by atoms with Gasteiger partial charge in [-0.05, 0) is 42.8 Å². The highest BCUT2D eigenvalue weighted by Gasteiger charge is 2.19. The standard InChI is InChI=1S/C15H14NS/c1-11-6-5-7-13-12(2)10-16-9-4-3-8-14(16)17-15(11)13/h3-10H,1-2H3/q+1. The molecule has 3 rings (SSSR count). The summed E-state index contributed by atoms with van der Waals surface area (Å²) in [5, 5.41) is 1.26. The molecule has 2 aromatic rings. The smallest absolute Gasteiger partial charge is 0.161 e. The zero-order valence-corrected chi connectivity index (χ0v) is 10.8. The van der Waals surface area contributed by atoms with E-state index >= 15 is 0 Å². The average molecular weight is 240 g/mol. The van der Waals surface area contributed by atoms with Gasteiger partial charge in [0.2, 0.25) is 5.03 Å². The maximum absolute atomic E-state index is 2.20. The molecular weight excluding hydrogens is 226 g/mol. The fourth-order valence-electron chi connectivity index (χ4n) is 2.11. The van der Waals surface area contributed by atoms with Crippen LogP contribution in [0.3, 0.4) is 0 Å². The minimum absolute atomic E-state index is 1.26. The van der Waals surface area contributed by atoms with Crippen molar-refractivity contribution in [2.24, 2.45) is 0 Å². The molecular formula is C15H14NS+. The molecule has 1 aliphatic heterocycles. The van der Waals surface area contributed by atoms with Crippen molar-refractivity contribution < 1.29 is 4.57 Å². The van der Waals surface area contributed by atoms with Crippen molar-refractivity contribution >= 4 is 23.5 Å². The van der Waals surface area contributed by atoms with Gasteiger partial charge in [-0.2, -0.15) is 4.57 Å². The minimum atomic E-state index is 1.26. The Bertz CT molecular complexity index is 614. The van der Waals surface area contributed by atoms with Crippen molar-refractivity contribution in [3.8, 4) is 0 Å². The van der Waals surface area contributed by atoms with Crippen LogP contribution in [-0.2, 0) is 0 Å². The predicted molar refractivity (Wildman–Crippen MR) is 71.8 cm³/mol. The van der Waals surface area contributed by atoms with Gasteiger partial charge >= 0.3 is 0 Å². The number of pyridine rings is 1. The minimum Gasteiger partial charge on any atom is -0.161 e. The second kappa shape index (κ2) is 4.04. The van der Waals surface area contributed by atoms with Crippen LogP contribution in [0.15, 0.2) is 52.5 Å². The Balaban J connectivity index is 2.28. The van der Waals surface area contributed by atoms with E-state index < -0.39 is 0 Å². The van der Waals surface area contributed by atoms with Gasteiger partial charge in [-0.15, -0.1) is 0 Å². The summed E-state index contributed by atoms with van der Waals surface area (Å²) in [4.78, 5) is 1.37. The quantitative estimate of drug-likeness (QED) is 0.634. The Morgan fingerprint density at radius 2 is 1.88 bits per heavy atom. The van der Waals surface area contributed by atoms with Crippen molar-refractivity contribution in [3.63, 3.8) is 0 Å². The van der Waals surface area contributed by atoms with Gasteiger partial charge in [0.1, 0.15) is 0 Å². The number of aromatic nitrogens is 1. The lowest BCUT2D eigenvalue weighted by molar-refractivity contribution is -0.609. The first-order valence-corrected chi connectivity index (χ1v) is 6.54. The molecule has 2 heterocycles. The zero-order valence-electron chi connectivity index (χ0n) is 9.97. The van der Waals surface area contributed by atoms with Crippen LogP contribution in [-0.4, -0.2) is 0 Å². The van der Waals surface area contributed by atoms with Crippen LogP contribution >= 0.6 is 11.8 Å². The first kappa shape index (κ1) is 10.6. The van der Waals surface area contributed by atoms with E-state index in [1.807, 2.05) is 11.8 Å². The third-order valence-corrected chi connectivity index (χ3v) is 4.33. The van der Waals surface area contributed by atoms with Gasteiger partial charge in [-0.1, -0.05) is 18.2 Å². The lowest BCUT2D eigenvalue weighted by atomic mass is 10.1. The summed E-state index contributed by atoms with van der Waals surface area (Å²) < 4.78 is 2.19. The monoisotopic (exact) mass is 240 g/mol. The fourth-order valence-corrected chi connectivity index (χ4v) is 3.26. The largest absolute Gasteiger partial charge is 0.250 e. The molecule has 0 bridgehead atoms. The number of hydrogen-bond acceptors (Lipinski definition) is 1. The number of rotatable bonds is 0. The number of allylic oxidation sites excluding steroid dienone is 1. The first-order chi connectivity index (χ1) is 8.25. The normalized spacial score (nSPS) is 13.4. The second-order valence-electron chi connectivity index (χ2n) is 4.31. The molecule has 0 N–H and O–H groups in total. The van der Waals surface area contributed by atoms with Gasteiger partial charge in [0.05, 0.1) is 0 Å². The third-order valence-electron chi connectivity index (χ3n) is 3.03. The average Bonchev–Trinajstić information content (AvgIpc) is 2.47. The van der Waals surface area contributed by atoms with Gasteiger partial charge in [0.25, 0.3) is 0 Å². The van der Waals surface area contributed by atoms with Crippen molar-refractivity contribution in [1.82, 2.24) is 0 Å². The summed E-state index contributed by atoms with van der Waals surface area (Å²) in [6.07, 6.45) is 4.31. The zero-order chi connectivity index (χ0) is 11.8. The summed E-state index contributed by atoms with van der Waals surface area (Å²) in [6, 6.07) is 12.8. The number of aryl methyl sites for hydroxylation is 1. The molecule has 0 saturated heterocycles. The van der Waals surface area contributed by atoms with Crippen LogP contribution in [0, 0.1) is 6.92 Å². The molecule has 1 aromatic carbocycles. The molecule has 84 valence electrons. The Hall–Kier alpha value is -1.54. The highest BCUT2D eigenvalue weighted by Crippen LogP contribution is 2.36. The van der Waals surface area contributed by atoms with Crippen molar-refractivity contribution in [3.05, 3.63) is 53.7 Å². The van der Waals surface area contributed by atoms with Crippen LogP contribution in [0.2, 0.25) is 0 Å². The summed E-state index contributed by atoms with van der Waals surface area (Å²) in [7, 11) is 0. The lowest BCUT2D eigenvalue weighted by Gasteiger charge is -2.07. The molecule has 1 aliphatic rings. The maximum Gasteiger partial charge on any atom is 0.250 e. The Labute approximate surface area is 106 Å². The molecule has 1 nitrogen and oxygen atoms in total. The molecule has 0 radical (unpaired) electrons. The van der Waals surface area contributed by atoms with Crippen LogP contribution < -0.4 is 4.57 Å². The molecule has 0 atom stereocenters. The molecule has 0 unspecified atom stereocenters. The molecule has 1 aromatic heterocycles. The molecule has 0 spiro atoms. The van der Waals surface area contributed by atoms with E-state index in [2.05, 4.69) is 67.2 Å². The third kappa shape index (κ3) is 1.79. The summed E-state index contributed by atoms with van der Waals surface area (Å²) in [5.74, 6) is 0. The fraction of sp³-hybridized carbons (Fsp3) is 0.133. The van der Waals surface area contributed by atoms with E-state index in [9.17, 15) is 0 Å². The van der Waals surface area contributed by atoms with E-state index in [0.29, 0.717) is 0 Å². The van der Waals surface area contributed by atoms with E-state index in [1.165, 1.54) is 26.6 Å². The highest BCUT2D eigenvalue weighted by molar-refractivity contribution is 7.99. The van der Waals surface area contributed by atoms with Crippen LogP contribution in [0.5, 0.6) is 0 Å². The van der Waals surface area contributed by atoms with Gasteiger partial charge in [0, 0.05) is 22.6 Å². The number of hydrogen-bond donors (Lipinski definition) is 0. The van der Waals surface area contributed by atoms with Crippen molar-refractivity contribution in [1.29, 1.82) is 0 Å². The summed E-state index contributed by atoms with van der Waals surface area (Å²) in [5.41, 5.74) is 4.00. The molecule has 0 fully saturated rings. The van der Waals surface area contributed by atoms with Gasteiger partial charge in [0.15, 0.2) is 12.4 Å². The van der Waals surface area contributed by atoms with Crippen LogP contribution in [0.1, 0.15) is 18.1 Å². The predicted octanol–water partition coefficient (Wildman–Crippen LogP) is 3.77. The van der Waals surface area contributed by atoms with Gasteiger partial charge in [-0.3, -0.25) is 0 Å². The molecule has 0 amide bonds. The number of fused-ring (bicyclic) bond motifs is 2. The van der Waals surface area contributed by atoms with Crippen LogP contribution in [0.4, 0.5) is 0 Å². The Morgan fingerprint density at radius 1 is 1.00 bits per heavy atom. The Morgan fingerprint density at radius 3 is 2.76 bits per heavy atom. The molecule has 0 saturated carbocycles. The molecule has 0 aliphatic carbocycles. The summed E-state index contributed by atoms with van der Waals surface area (Å²) in [6.45, 7) is 4.35. The van der Waals surface area contributed by atoms with Crippen molar-refractivity contribution in [2.75, 3.05) is 0 Å². The van der Waals surface area contributed by atoms with E-state index in [0.717, 1.165) is 0 Å². The molecule has 17 heavy (non-hydrogen) atoms. The van der Waals surface area contributed by atoms with Crippen LogP contribution in [0.25, 0.3) is 11.8 Å². The topological polar surface area (TPSA) is 3.88 Å². The second-order valence-corrected chi connectivity index (χ2v) is 5.34. The molecule has 2 heteroatoms. The van der Waals surface area contributed by atoms with Gasteiger partial charge in [-0.25, -0.2) is 0 Å². The van der Waals surface area contributed by atoms with E-state index in [-0.39, 0.29) is 0 Å². The summed E-state index contributed by atoms with van der Waals surface area (Å²) >= 11 is 1.84. The Kier molecular flexibility index (Phi) is 2.52. The van der Waals surface area contributed by atoms with Gasteiger partial charge < -0.3 is 0 Å². The lowest BCUT2D eigenvalue weighted by Crippen LogP contribution is -2.27. The SMILES string of the molecule is CC1=C[n+]2ccccc2Sc2c(C)cccc21. The van der Waals surface area contributed by atoms with Crippen molar-refractivity contribution in [2.45, 2.75) is 23.8 Å². The number of benzene rings is 1.